The van der Waals surface area contributed by atoms with E-state index in [1.165, 1.54) is 19.3 Å². The number of hydrogen-bond acceptors (Lipinski definition) is 7. The number of amides is 2. The number of carbonyl (C=O) groups excluding carboxylic acids is 2. The number of methoxy groups -OCH3 is 1. The maximum Gasteiger partial charge on any atom is 0.411 e. The smallest absolute Gasteiger partial charge is 0.411 e. The van der Waals surface area contributed by atoms with E-state index >= 15 is 0 Å². The van der Waals surface area contributed by atoms with Gasteiger partial charge in [0.1, 0.15) is 11.4 Å². The van der Waals surface area contributed by atoms with Crippen molar-refractivity contribution in [1.29, 1.82) is 0 Å². The van der Waals surface area contributed by atoms with Crippen LogP contribution < -0.4 is 15.4 Å². The number of rotatable bonds is 9. The van der Waals surface area contributed by atoms with E-state index in [9.17, 15) is 18.0 Å². The standard InChI is InChI=1S/C27H41N3O6S2/c1-27(2,3)36-26(32)30-16-17-38(33,34)25(30)23(31)29-22(15-12-19-8-6-5-7-9-19)24(37)28-18-20-10-13-21(35-4)14-11-20/h10-11,13-14,19,22,25H,5-9,12,15-18H2,1-4H3,(H,28,37)(H,29,31)/t22-,25+/m1/s1. The van der Waals surface area contributed by atoms with Gasteiger partial charge in [0.15, 0.2) is 9.84 Å². The SMILES string of the molecule is COc1ccc(CNC(=S)[C@@H](CCC2CCCCC2)NC(=O)[C@H]2N(C(=O)OC(C)(C)C)CCS2(=O)=O)cc1. The Morgan fingerprint density at radius 2 is 1.79 bits per heavy atom. The van der Waals surface area contributed by atoms with Gasteiger partial charge in [-0.2, -0.15) is 0 Å². The van der Waals surface area contributed by atoms with Crippen molar-refractivity contribution in [2.45, 2.75) is 89.3 Å². The molecule has 0 bridgehead atoms. The number of sulfone groups is 1. The number of nitrogens with zero attached hydrogens (tertiary/aromatic N) is 1. The summed E-state index contributed by atoms with van der Waals surface area (Å²) in [7, 11) is -2.26. The van der Waals surface area contributed by atoms with Crippen LogP contribution >= 0.6 is 12.2 Å². The molecule has 2 aliphatic rings. The van der Waals surface area contributed by atoms with Crippen LogP contribution in [0.1, 0.15) is 71.3 Å². The van der Waals surface area contributed by atoms with Gasteiger partial charge >= 0.3 is 6.09 Å². The second kappa shape index (κ2) is 13.1. The molecular formula is C27H41N3O6S2. The van der Waals surface area contributed by atoms with E-state index in [-0.39, 0.29) is 12.3 Å². The number of benzene rings is 1. The zero-order valence-corrected chi connectivity index (χ0v) is 24.5. The lowest BCUT2D eigenvalue weighted by Crippen LogP contribution is -2.54. The molecule has 3 rings (SSSR count). The van der Waals surface area contributed by atoms with Gasteiger partial charge in [-0.3, -0.25) is 9.69 Å². The molecule has 2 amide bonds. The van der Waals surface area contributed by atoms with Gasteiger partial charge in [0.25, 0.3) is 5.91 Å². The van der Waals surface area contributed by atoms with Crippen LogP contribution in [0.5, 0.6) is 5.75 Å². The highest BCUT2D eigenvalue weighted by Gasteiger charge is 2.48. The Kier molecular flexibility index (Phi) is 10.4. The normalized spacial score (nSPS) is 20.4. The van der Waals surface area contributed by atoms with Crippen molar-refractivity contribution in [3.8, 4) is 5.75 Å². The van der Waals surface area contributed by atoms with Crippen molar-refractivity contribution in [3.05, 3.63) is 29.8 Å². The lowest BCUT2D eigenvalue weighted by molar-refractivity contribution is -0.123. The van der Waals surface area contributed by atoms with Crippen molar-refractivity contribution in [1.82, 2.24) is 15.5 Å². The van der Waals surface area contributed by atoms with Crippen LogP contribution in [-0.4, -0.2) is 66.7 Å². The highest BCUT2D eigenvalue weighted by Crippen LogP contribution is 2.28. The number of carbonyl (C=O) groups is 2. The second-order valence-electron chi connectivity index (χ2n) is 11.1. The molecule has 2 N–H and O–H groups in total. The summed E-state index contributed by atoms with van der Waals surface area (Å²) in [6.07, 6.45) is 6.59. The van der Waals surface area contributed by atoms with Crippen LogP contribution in [0.4, 0.5) is 4.79 Å². The number of ether oxygens (including phenoxy) is 2. The quantitative estimate of drug-likeness (QED) is 0.431. The molecule has 2 fully saturated rings. The van der Waals surface area contributed by atoms with Crippen LogP contribution in [-0.2, 0) is 25.9 Å². The zero-order valence-electron chi connectivity index (χ0n) is 22.8. The average molecular weight is 568 g/mol. The molecule has 212 valence electrons. The fourth-order valence-corrected chi connectivity index (χ4v) is 6.80. The van der Waals surface area contributed by atoms with Crippen molar-refractivity contribution in [3.63, 3.8) is 0 Å². The van der Waals surface area contributed by atoms with Gasteiger partial charge in [0.05, 0.1) is 23.9 Å². The summed E-state index contributed by atoms with van der Waals surface area (Å²) in [5.41, 5.74) is 0.167. The van der Waals surface area contributed by atoms with Crippen molar-refractivity contribution in [2.75, 3.05) is 19.4 Å². The fraction of sp³-hybridized carbons (Fsp3) is 0.667. The average Bonchev–Trinajstić information content (AvgIpc) is 3.20. The lowest BCUT2D eigenvalue weighted by Gasteiger charge is -2.29. The minimum Gasteiger partial charge on any atom is -0.497 e. The third-order valence-corrected chi connectivity index (χ3v) is 9.27. The first kappa shape index (κ1) is 30.1. The first-order chi connectivity index (χ1) is 17.9. The number of thiocarbonyl (C=S) groups is 1. The molecule has 38 heavy (non-hydrogen) atoms. The predicted molar refractivity (Wildman–Crippen MR) is 151 cm³/mol. The van der Waals surface area contributed by atoms with Crippen molar-refractivity contribution >= 4 is 39.0 Å². The molecule has 0 spiro atoms. The van der Waals surface area contributed by atoms with Crippen molar-refractivity contribution in [2.24, 2.45) is 5.92 Å². The Balaban J connectivity index is 1.72. The molecule has 1 saturated heterocycles. The minimum absolute atomic E-state index is 0.0950. The van der Waals surface area contributed by atoms with E-state index in [2.05, 4.69) is 10.6 Å². The Bertz CT molecular complexity index is 1080. The summed E-state index contributed by atoms with van der Waals surface area (Å²) in [6.45, 7) is 5.43. The molecule has 0 aromatic heterocycles. The monoisotopic (exact) mass is 567 g/mol. The fourth-order valence-electron chi connectivity index (χ4n) is 4.91. The molecule has 1 aliphatic heterocycles. The summed E-state index contributed by atoms with van der Waals surface area (Å²) in [5, 5.41) is 4.45. The van der Waals surface area contributed by atoms with E-state index in [1.807, 2.05) is 24.3 Å². The molecule has 1 aromatic carbocycles. The van der Waals surface area contributed by atoms with E-state index in [1.54, 1.807) is 27.9 Å². The second-order valence-corrected chi connectivity index (χ2v) is 13.7. The summed E-state index contributed by atoms with van der Waals surface area (Å²) in [5.74, 6) is 0.259. The Labute approximate surface area is 231 Å². The Morgan fingerprint density at radius 3 is 2.39 bits per heavy atom. The molecule has 1 aliphatic carbocycles. The molecule has 2 atom stereocenters. The highest BCUT2D eigenvalue weighted by molar-refractivity contribution is 7.93. The molecule has 9 nitrogen and oxygen atoms in total. The number of hydrogen-bond donors (Lipinski definition) is 2. The van der Waals surface area contributed by atoms with Gasteiger partial charge in [-0.15, -0.1) is 0 Å². The minimum atomic E-state index is -3.87. The first-order valence-corrected chi connectivity index (χ1v) is 15.4. The summed E-state index contributed by atoms with van der Waals surface area (Å²) in [4.78, 5) is 27.6. The summed E-state index contributed by atoms with van der Waals surface area (Å²) >= 11 is 5.69. The Morgan fingerprint density at radius 1 is 1.13 bits per heavy atom. The maximum absolute atomic E-state index is 13.4. The summed E-state index contributed by atoms with van der Waals surface area (Å²) in [6, 6.07) is 7.01. The largest absolute Gasteiger partial charge is 0.497 e. The third-order valence-electron chi connectivity index (χ3n) is 6.94. The van der Waals surface area contributed by atoms with Gasteiger partial charge in [0, 0.05) is 13.1 Å². The van der Waals surface area contributed by atoms with E-state index in [0.29, 0.717) is 23.9 Å². The molecule has 1 aromatic rings. The van der Waals surface area contributed by atoms with Crippen LogP contribution in [0.25, 0.3) is 0 Å². The summed E-state index contributed by atoms with van der Waals surface area (Å²) < 4.78 is 36.2. The lowest BCUT2D eigenvalue weighted by atomic mass is 9.85. The van der Waals surface area contributed by atoms with Crippen LogP contribution in [0.2, 0.25) is 0 Å². The number of nitrogens with one attached hydrogen (secondary N) is 2. The maximum atomic E-state index is 13.4. The first-order valence-electron chi connectivity index (χ1n) is 13.3. The van der Waals surface area contributed by atoms with E-state index < -0.39 is 38.9 Å². The van der Waals surface area contributed by atoms with Gasteiger partial charge in [0.2, 0.25) is 5.37 Å². The van der Waals surface area contributed by atoms with Gasteiger partial charge in [-0.1, -0.05) is 56.5 Å². The molecule has 0 unspecified atom stereocenters. The zero-order chi connectivity index (χ0) is 27.9. The third kappa shape index (κ3) is 8.56. The Hall–Kier alpha value is -2.40. The molecule has 11 heteroatoms. The van der Waals surface area contributed by atoms with Crippen LogP contribution in [0.15, 0.2) is 24.3 Å². The van der Waals surface area contributed by atoms with E-state index in [4.69, 9.17) is 21.7 Å². The molecule has 0 radical (unpaired) electrons. The van der Waals surface area contributed by atoms with Crippen LogP contribution in [0, 0.1) is 5.92 Å². The van der Waals surface area contributed by atoms with Gasteiger partial charge in [-0.05, 0) is 57.2 Å². The van der Waals surface area contributed by atoms with Crippen molar-refractivity contribution < 1.29 is 27.5 Å². The highest BCUT2D eigenvalue weighted by atomic mass is 32.2. The molecular weight excluding hydrogens is 526 g/mol. The molecule has 1 heterocycles. The topological polar surface area (TPSA) is 114 Å². The predicted octanol–water partition coefficient (Wildman–Crippen LogP) is 3.95. The van der Waals surface area contributed by atoms with E-state index in [0.717, 1.165) is 35.5 Å². The van der Waals surface area contributed by atoms with Gasteiger partial charge < -0.3 is 20.1 Å². The molecule has 1 saturated carbocycles. The van der Waals surface area contributed by atoms with Gasteiger partial charge in [-0.25, -0.2) is 13.2 Å². The van der Waals surface area contributed by atoms with Crippen LogP contribution in [0.3, 0.4) is 0 Å².